The lowest BCUT2D eigenvalue weighted by atomic mass is 10.1. The molecule has 1 aliphatic heterocycles. The van der Waals surface area contributed by atoms with Gasteiger partial charge in [0.2, 0.25) is 13.2 Å². The first-order chi connectivity index (χ1) is 15.8. The Morgan fingerprint density at radius 2 is 1.76 bits per heavy atom. The quantitative estimate of drug-likeness (QED) is 0.310. The molecule has 0 aromatic heterocycles. The summed E-state index contributed by atoms with van der Waals surface area (Å²) >= 11 is 0. The van der Waals surface area contributed by atoms with Gasteiger partial charge in [-0.1, -0.05) is 0 Å². The van der Waals surface area contributed by atoms with E-state index in [1.165, 1.54) is 50.4 Å². The minimum Gasteiger partial charge on any atom is -0.461 e. The van der Waals surface area contributed by atoms with Crippen molar-refractivity contribution in [3.8, 4) is 17.2 Å². The summed E-state index contributed by atoms with van der Waals surface area (Å²) in [6, 6.07) is 8.49. The average molecular weight is 503 g/mol. The number of hydrogen-bond acceptors (Lipinski definition) is 8. The molecule has 0 fully saturated rings. The highest BCUT2D eigenvalue weighted by atomic mass is 32.2. The van der Waals surface area contributed by atoms with Crippen LogP contribution in [-0.2, 0) is 24.1 Å². The zero-order chi connectivity index (χ0) is 25.1. The molecule has 1 heterocycles. The van der Waals surface area contributed by atoms with Gasteiger partial charge in [-0.05, 0) is 56.3 Å². The highest BCUT2D eigenvalue weighted by Crippen LogP contribution is 2.37. The van der Waals surface area contributed by atoms with E-state index in [0.717, 1.165) is 12.1 Å². The first-order valence-corrected chi connectivity index (χ1v) is 11.1. The molecule has 1 amide bonds. The normalized spacial score (nSPS) is 14.0. The number of carbonyl (C=O) groups excluding carboxylic acids is 1. The van der Waals surface area contributed by atoms with Crippen LogP contribution in [-0.4, -0.2) is 49.5 Å². The summed E-state index contributed by atoms with van der Waals surface area (Å²) in [5.74, 6) is 0.00796. The molecule has 184 valence electrons. The van der Waals surface area contributed by atoms with Gasteiger partial charge >= 0.3 is 6.36 Å². The van der Waals surface area contributed by atoms with Gasteiger partial charge in [0.1, 0.15) is 23.5 Å². The Morgan fingerprint density at radius 1 is 1.12 bits per heavy atom. The molecule has 0 radical (unpaired) electrons. The Bertz CT molecular complexity index is 1180. The minimum atomic E-state index is -4.84. The van der Waals surface area contributed by atoms with E-state index in [1.54, 1.807) is 0 Å². The summed E-state index contributed by atoms with van der Waals surface area (Å²) in [5.41, 5.74) is 0.196. The van der Waals surface area contributed by atoms with Crippen LogP contribution in [0.5, 0.6) is 17.2 Å². The second kappa shape index (κ2) is 9.43. The van der Waals surface area contributed by atoms with Crippen LogP contribution in [0.3, 0.4) is 0 Å². The molecule has 1 N–H and O–H groups in total. The fourth-order valence-corrected chi connectivity index (χ4v) is 4.47. The van der Waals surface area contributed by atoms with Crippen LogP contribution in [0.1, 0.15) is 19.4 Å². The van der Waals surface area contributed by atoms with Gasteiger partial charge in [0.25, 0.3) is 0 Å². The fourth-order valence-electron chi connectivity index (χ4n) is 3.01. The second-order valence-electron chi connectivity index (χ2n) is 7.66. The molecular formula is C21H20F3NO8S. The molecule has 0 spiro atoms. The fraction of sp³-hybridized carbons (Fsp3) is 0.286. The summed E-state index contributed by atoms with van der Waals surface area (Å²) in [6.45, 7) is 2.09. The maximum atomic E-state index is 13.2. The van der Waals surface area contributed by atoms with E-state index < -0.39 is 33.2 Å². The number of sulfone groups is 1. The summed E-state index contributed by atoms with van der Waals surface area (Å²) in [7, 11) is -4.07. The number of alkyl halides is 3. The highest BCUT2D eigenvalue weighted by molar-refractivity contribution is 7.92. The molecule has 0 saturated carbocycles. The lowest BCUT2D eigenvalue weighted by Crippen LogP contribution is -2.42. The first-order valence-electron chi connectivity index (χ1n) is 9.60. The van der Waals surface area contributed by atoms with Crippen molar-refractivity contribution in [1.29, 1.82) is 0 Å². The Balaban J connectivity index is 1.95. The lowest BCUT2D eigenvalue weighted by molar-refractivity contribution is -0.274. The monoisotopic (exact) mass is 503 g/mol. The van der Waals surface area contributed by atoms with Crippen LogP contribution in [0, 0.1) is 0 Å². The van der Waals surface area contributed by atoms with Gasteiger partial charge < -0.3 is 18.9 Å². The van der Waals surface area contributed by atoms with Crippen LogP contribution < -0.4 is 9.47 Å². The average Bonchev–Trinajstić information content (AvgIpc) is 3.28. The van der Waals surface area contributed by atoms with E-state index in [4.69, 9.17) is 14.2 Å². The molecule has 2 aromatic rings. The van der Waals surface area contributed by atoms with Crippen LogP contribution in [0.25, 0.3) is 5.76 Å². The molecular weight excluding hydrogens is 483 g/mol. The molecule has 13 heteroatoms. The van der Waals surface area contributed by atoms with Gasteiger partial charge in [0.15, 0.2) is 15.6 Å². The number of nitrogens with zero attached hydrogens (tertiary/aromatic N) is 1. The number of ether oxygens (including phenoxy) is 4. The predicted octanol–water partition coefficient (Wildman–Crippen LogP) is 4.08. The van der Waals surface area contributed by atoms with E-state index >= 15 is 0 Å². The number of amides is 1. The van der Waals surface area contributed by atoms with E-state index in [1.807, 2.05) is 0 Å². The van der Waals surface area contributed by atoms with Gasteiger partial charge in [-0.3, -0.25) is 10.0 Å². The molecule has 34 heavy (non-hydrogen) atoms. The second-order valence-corrected chi connectivity index (χ2v) is 10.2. The van der Waals surface area contributed by atoms with Crippen LogP contribution >= 0.6 is 0 Å². The molecule has 0 saturated heterocycles. The first kappa shape index (κ1) is 25.2. The topological polar surface area (TPSA) is 112 Å². The van der Waals surface area contributed by atoms with Gasteiger partial charge in [0, 0.05) is 0 Å². The van der Waals surface area contributed by atoms with Crippen molar-refractivity contribution >= 4 is 22.0 Å². The van der Waals surface area contributed by atoms with E-state index in [-0.39, 0.29) is 46.0 Å². The van der Waals surface area contributed by atoms with E-state index in [0.29, 0.717) is 0 Å². The molecule has 0 atom stereocenters. The molecule has 3 rings (SSSR count). The maximum absolute atomic E-state index is 13.2. The van der Waals surface area contributed by atoms with Crippen molar-refractivity contribution in [2.75, 3.05) is 13.3 Å². The van der Waals surface area contributed by atoms with Crippen molar-refractivity contribution in [2.45, 2.75) is 29.9 Å². The van der Waals surface area contributed by atoms with Gasteiger partial charge in [-0.15, -0.1) is 13.2 Å². The Labute approximate surface area is 192 Å². The van der Waals surface area contributed by atoms with E-state index in [2.05, 4.69) is 4.74 Å². The smallest absolute Gasteiger partial charge is 0.461 e. The molecule has 0 unspecified atom stereocenters. The molecule has 9 nitrogen and oxygen atoms in total. The van der Waals surface area contributed by atoms with Crippen LogP contribution in [0.15, 0.2) is 53.6 Å². The SMILES string of the molecule is CC(C)(CN(O)C=O)S(=O)(=O)c1ccc(Oc2ccc(OC(F)(F)F)cc2)c(C2=COCO2)c1. The molecule has 0 bridgehead atoms. The zero-order valence-electron chi connectivity index (χ0n) is 17.9. The lowest BCUT2D eigenvalue weighted by Gasteiger charge is -2.27. The Morgan fingerprint density at radius 3 is 2.32 bits per heavy atom. The summed E-state index contributed by atoms with van der Waals surface area (Å²) in [4.78, 5) is 10.6. The third kappa shape index (κ3) is 5.72. The van der Waals surface area contributed by atoms with Crippen molar-refractivity contribution < 1.29 is 50.5 Å². The predicted molar refractivity (Wildman–Crippen MR) is 110 cm³/mol. The Hall–Kier alpha value is -3.45. The zero-order valence-corrected chi connectivity index (χ0v) is 18.7. The van der Waals surface area contributed by atoms with Crippen LogP contribution in [0.4, 0.5) is 13.2 Å². The van der Waals surface area contributed by atoms with Crippen molar-refractivity contribution in [2.24, 2.45) is 0 Å². The van der Waals surface area contributed by atoms with Gasteiger partial charge in [-0.25, -0.2) is 13.5 Å². The number of benzene rings is 2. The number of carbonyl (C=O) groups is 1. The summed E-state index contributed by atoms with van der Waals surface area (Å²) < 4.78 is 81.9. The standard InChI is InChI=1S/C21H20F3NO8S/c1-20(2,11-25(27)12-26)34(28,29)16-7-8-18(17(9-16)19-10-30-13-31-19)32-14-3-5-15(6-4-14)33-21(22,23)24/h3-10,12,27H,11,13H2,1-2H3. The highest BCUT2D eigenvalue weighted by Gasteiger charge is 2.38. The van der Waals surface area contributed by atoms with Crippen molar-refractivity contribution in [1.82, 2.24) is 5.06 Å². The molecule has 0 aliphatic carbocycles. The third-order valence-electron chi connectivity index (χ3n) is 4.68. The summed E-state index contributed by atoms with van der Waals surface area (Å²) in [6.07, 6.45) is -3.49. The van der Waals surface area contributed by atoms with Gasteiger partial charge in [-0.2, -0.15) is 0 Å². The minimum absolute atomic E-state index is 0.0964. The number of halogens is 3. The number of rotatable bonds is 9. The van der Waals surface area contributed by atoms with E-state index in [9.17, 15) is 31.6 Å². The summed E-state index contributed by atoms with van der Waals surface area (Å²) in [5, 5.41) is 9.72. The maximum Gasteiger partial charge on any atom is 0.573 e. The largest absolute Gasteiger partial charge is 0.573 e. The Kier molecular flexibility index (Phi) is 6.98. The number of hydrogen-bond donors (Lipinski definition) is 1. The van der Waals surface area contributed by atoms with Crippen molar-refractivity contribution in [3.05, 3.63) is 54.3 Å². The molecule has 2 aromatic carbocycles. The van der Waals surface area contributed by atoms with Gasteiger partial charge in [0.05, 0.1) is 21.8 Å². The van der Waals surface area contributed by atoms with Crippen molar-refractivity contribution in [3.63, 3.8) is 0 Å². The molecule has 1 aliphatic rings. The van der Waals surface area contributed by atoms with Crippen LogP contribution in [0.2, 0.25) is 0 Å². The third-order valence-corrected chi connectivity index (χ3v) is 7.14. The number of hydroxylamine groups is 2.